The van der Waals surface area contributed by atoms with E-state index in [1.54, 1.807) is 0 Å². The van der Waals surface area contributed by atoms with E-state index in [0.717, 1.165) is 24.2 Å². The quantitative estimate of drug-likeness (QED) is 0.911. The molecular formula is C12H16BrNO. The van der Waals surface area contributed by atoms with Crippen LogP contribution in [0.15, 0.2) is 28.7 Å². The first-order valence-electron chi connectivity index (χ1n) is 5.40. The van der Waals surface area contributed by atoms with Gasteiger partial charge in [-0.3, -0.25) is 0 Å². The fourth-order valence-electron chi connectivity index (χ4n) is 1.81. The van der Waals surface area contributed by atoms with Crippen LogP contribution >= 0.6 is 15.9 Å². The van der Waals surface area contributed by atoms with E-state index in [0.29, 0.717) is 6.04 Å². The summed E-state index contributed by atoms with van der Waals surface area (Å²) in [5.41, 5.74) is 1.31. The number of halogens is 1. The van der Waals surface area contributed by atoms with Crippen molar-refractivity contribution in [3.63, 3.8) is 0 Å². The van der Waals surface area contributed by atoms with Gasteiger partial charge >= 0.3 is 0 Å². The lowest BCUT2D eigenvalue weighted by atomic mass is 10.1. The summed E-state index contributed by atoms with van der Waals surface area (Å²) in [6.07, 6.45) is 2.41. The van der Waals surface area contributed by atoms with Crippen molar-refractivity contribution >= 4 is 15.9 Å². The molecule has 0 aromatic heterocycles. The van der Waals surface area contributed by atoms with Gasteiger partial charge in [0.1, 0.15) is 0 Å². The predicted molar refractivity (Wildman–Crippen MR) is 64.8 cm³/mol. The molecular weight excluding hydrogens is 254 g/mol. The third kappa shape index (κ3) is 3.59. The van der Waals surface area contributed by atoms with Crippen molar-refractivity contribution in [3.8, 4) is 0 Å². The standard InChI is InChI=1S/C12H16BrNO/c13-11-4-1-3-10(7-11)8-14-12-5-2-6-15-9-12/h1,3-4,7,12,14H,2,5-6,8-9H2. The lowest BCUT2D eigenvalue weighted by Gasteiger charge is -2.23. The molecule has 1 heterocycles. The van der Waals surface area contributed by atoms with Crippen LogP contribution in [-0.4, -0.2) is 19.3 Å². The second-order valence-corrected chi connectivity index (χ2v) is 4.84. The zero-order valence-corrected chi connectivity index (χ0v) is 10.3. The van der Waals surface area contributed by atoms with Crippen molar-refractivity contribution in [2.24, 2.45) is 0 Å². The molecule has 82 valence electrons. The number of ether oxygens (including phenoxy) is 1. The maximum Gasteiger partial charge on any atom is 0.0619 e. The van der Waals surface area contributed by atoms with Crippen molar-refractivity contribution in [3.05, 3.63) is 34.3 Å². The summed E-state index contributed by atoms with van der Waals surface area (Å²) in [6, 6.07) is 8.93. The molecule has 0 amide bonds. The van der Waals surface area contributed by atoms with Gasteiger partial charge in [0.05, 0.1) is 6.61 Å². The summed E-state index contributed by atoms with van der Waals surface area (Å²) in [7, 11) is 0. The average molecular weight is 270 g/mol. The van der Waals surface area contributed by atoms with E-state index in [9.17, 15) is 0 Å². The van der Waals surface area contributed by atoms with Crippen LogP contribution in [0.2, 0.25) is 0 Å². The van der Waals surface area contributed by atoms with Crippen LogP contribution in [0.1, 0.15) is 18.4 Å². The van der Waals surface area contributed by atoms with Crippen molar-refractivity contribution in [2.75, 3.05) is 13.2 Å². The molecule has 1 unspecified atom stereocenters. The Morgan fingerprint density at radius 1 is 1.47 bits per heavy atom. The summed E-state index contributed by atoms with van der Waals surface area (Å²) in [5, 5.41) is 3.52. The predicted octanol–water partition coefficient (Wildman–Crippen LogP) is 2.72. The molecule has 0 bridgehead atoms. The molecule has 1 N–H and O–H groups in total. The molecule has 1 saturated heterocycles. The molecule has 1 atom stereocenters. The fraction of sp³-hybridized carbons (Fsp3) is 0.500. The number of hydrogen-bond donors (Lipinski definition) is 1. The van der Waals surface area contributed by atoms with Crippen LogP contribution in [-0.2, 0) is 11.3 Å². The van der Waals surface area contributed by atoms with Gasteiger partial charge in [-0.05, 0) is 30.5 Å². The molecule has 1 aliphatic heterocycles. The summed E-state index contributed by atoms with van der Waals surface area (Å²) in [6.45, 7) is 2.70. The van der Waals surface area contributed by atoms with Gasteiger partial charge in [-0.15, -0.1) is 0 Å². The minimum absolute atomic E-state index is 0.526. The van der Waals surface area contributed by atoms with E-state index >= 15 is 0 Å². The van der Waals surface area contributed by atoms with Crippen LogP contribution in [0.3, 0.4) is 0 Å². The third-order valence-electron chi connectivity index (χ3n) is 2.64. The molecule has 2 nitrogen and oxygen atoms in total. The van der Waals surface area contributed by atoms with Gasteiger partial charge in [-0.25, -0.2) is 0 Å². The van der Waals surface area contributed by atoms with Gasteiger partial charge in [0.25, 0.3) is 0 Å². The van der Waals surface area contributed by atoms with E-state index in [2.05, 4.69) is 39.4 Å². The maximum atomic E-state index is 5.42. The van der Waals surface area contributed by atoms with Crippen molar-refractivity contribution in [1.29, 1.82) is 0 Å². The zero-order valence-electron chi connectivity index (χ0n) is 8.71. The highest BCUT2D eigenvalue weighted by atomic mass is 79.9. The third-order valence-corrected chi connectivity index (χ3v) is 3.14. The average Bonchev–Trinajstić information content (AvgIpc) is 2.28. The van der Waals surface area contributed by atoms with E-state index < -0.39 is 0 Å². The van der Waals surface area contributed by atoms with Crippen LogP contribution < -0.4 is 5.32 Å². The summed E-state index contributed by atoms with van der Waals surface area (Å²) in [4.78, 5) is 0. The van der Waals surface area contributed by atoms with Crippen LogP contribution in [0, 0.1) is 0 Å². The second-order valence-electron chi connectivity index (χ2n) is 3.92. The SMILES string of the molecule is Brc1cccc(CNC2CCCOC2)c1. The minimum Gasteiger partial charge on any atom is -0.380 e. The maximum absolute atomic E-state index is 5.42. The second kappa shape index (κ2) is 5.64. The zero-order chi connectivity index (χ0) is 10.5. The monoisotopic (exact) mass is 269 g/mol. The van der Waals surface area contributed by atoms with Crippen LogP contribution in [0.5, 0.6) is 0 Å². The van der Waals surface area contributed by atoms with Gasteiger partial charge in [-0.2, -0.15) is 0 Å². The van der Waals surface area contributed by atoms with Gasteiger partial charge < -0.3 is 10.1 Å². The molecule has 1 aromatic rings. The van der Waals surface area contributed by atoms with Gasteiger partial charge in [0, 0.05) is 23.7 Å². The highest BCUT2D eigenvalue weighted by Gasteiger charge is 2.12. The molecule has 0 spiro atoms. The number of nitrogens with one attached hydrogen (secondary N) is 1. The van der Waals surface area contributed by atoms with Crippen LogP contribution in [0.25, 0.3) is 0 Å². The summed E-state index contributed by atoms with van der Waals surface area (Å²) in [5.74, 6) is 0. The molecule has 1 aliphatic rings. The lowest BCUT2D eigenvalue weighted by Crippen LogP contribution is -2.36. The van der Waals surface area contributed by atoms with Crippen molar-refractivity contribution in [1.82, 2.24) is 5.32 Å². The number of hydrogen-bond acceptors (Lipinski definition) is 2. The summed E-state index contributed by atoms with van der Waals surface area (Å²) < 4.78 is 6.56. The fourth-order valence-corrected chi connectivity index (χ4v) is 2.26. The Morgan fingerprint density at radius 2 is 2.40 bits per heavy atom. The topological polar surface area (TPSA) is 21.3 Å². The molecule has 0 aliphatic carbocycles. The molecule has 3 heteroatoms. The Hall–Kier alpha value is -0.380. The first-order chi connectivity index (χ1) is 7.34. The Labute approximate surface area is 99.1 Å². The Morgan fingerprint density at radius 3 is 3.13 bits per heavy atom. The molecule has 0 saturated carbocycles. The van der Waals surface area contributed by atoms with Gasteiger partial charge in [-0.1, -0.05) is 28.1 Å². The van der Waals surface area contributed by atoms with Crippen molar-refractivity contribution in [2.45, 2.75) is 25.4 Å². The van der Waals surface area contributed by atoms with E-state index in [1.807, 2.05) is 6.07 Å². The largest absolute Gasteiger partial charge is 0.380 e. The van der Waals surface area contributed by atoms with Gasteiger partial charge in [0.2, 0.25) is 0 Å². The van der Waals surface area contributed by atoms with E-state index in [-0.39, 0.29) is 0 Å². The molecule has 1 aromatic carbocycles. The highest BCUT2D eigenvalue weighted by molar-refractivity contribution is 9.10. The van der Waals surface area contributed by atoms with E-state index in [1.165, 1.54) is 18.4 Å². The van der Waals surface area contributed by atoms with E-state index in [4.69, 9.17) is 4.74 Å². The molecule has 15 heavy (non-hydrogen) atoms. The normalized spacial score (nSPS) is 21.5. The smallest absolute Gasteiger partial charge is 0.0619 e. The van der Waals surface area contributed by atoms with Gasteiger partial charge in [0.15, 0.2) is 0 Å². The number of benzene rings is 1. The first-order valence-corrected chi connectivity index (χ1v) is 6.19. The minimum atomic E-state index is 0.526. The lowest BCUT2D eigenvalue weighted by molar-refractivity contribution is 0.0699. The molecule has 2 rings (SSSR count). The first kappa shape index (κ1) is 11.1. The molecule has 1 fully saturated rings. The Bertz CT molecular complexity index is 310. The number of rotatable bonds is 3. The summed E-state index contributed by atoms with van der Waals surface area (Å²) >= 11 is 3.48. The highest BCUT2D eigenvalue weighted by Crippen LogP contribution is 2.12. The van der Waals surface area contributed by atoms with Crippen LogP contribution in [0.4, 0.5) is 0 Å². The molecule has 0 radical (unpaired) electrons. The van der Waals surface area contributed by atoms with Crippen molar-refractivity contribution < 1.29 is 4.74 Å². The Balaban J connectivity index is 1.81. The Kier molecular flexibility index (Phi) is 4.18.